The standard InChI is InChI=1S/C36H50N/c1-2-3-4-5-6-7-8-9-10-11-12-13-23-30-37(31-34-24-17-14-18-25-34,32-35-26-19-15-20-27-35)33-36-28-21-16-22-29-36/h4-5,14-22,24-29H,2-3,6-13,23,30-33H2,1H3/q+1/b5-4+. The molecule has 0 saturated heterocycles. The molecular weight excluding hydrogens is 446 g/mol. The average Bonchev–Trinajstić information content (AvgIpc) is 2.93. The van der Waals surface area contributed by atoms with Gasteiger partial charge in [-0.2, -0.15) is 0 Å². The van der Waals surface area contributed by atoms with Gasteiger partial charge in [0.2, 0.25) is 0 Å². The Morgan fingerprint density at radius 2 is 0.838 bits per heavy atom. The highest BCUT2D eigenvalue weighted by Gasteiger charge is 2.28. The van der Waals surface area contributed by atoms with Crippen molar-refractivity contribution >= 4 is 0 Å². The third-order valence-electron chi connectivity index (χ3n) is 7.46. The molecule has 0 heterocycles. The van der Waals surface area contributed by atoms with Crippen molar-refractivity contribution in [3.8, 4) is 0 Å². The predicted molar refractivity (Wildman–Crippen MR) is 161 cm³/mol. The molecule has 0 saturated carbocycles. The number of hydrogen-bond acceptors (Lipinski definition) is 0. The molecule has 0 radical (unpaired) electrons. The third kappa shape index (κ3) is 12.0. The number of unbranched alkanes of at least 4 members (excludes halogenated alkanes) is 9. The predicted octanol–water partition coefficient (Wildman–Crippen LogP) is 10.3. The largest absolute Gasteiger partial charge is 0.312 e. The van der Waals surface area contributed by atoms with Gasteiger partial charge in [-0.15, -0.1) is 0 Å². The highest BCUT2D eigenvalue weighted by Crippen LogP contribution is 2.26. The summed E-state index contributed by atoms with van der Waals surface area (Å²) in [6, 6.07) is 33.4. The quantitative estimate of drug-likeness (QED) is 0.0879. The van der Waals surface area contributed by atoms with Crippen molar-refractivity contribution in [1.29, 1.82) is 0 Å². The molecule has 37 heavy (non-hydrogen) atoms. The molecular formula is C36H50N+. The second-order valence-electron chi connectivity index (χ2n) is 10.9. The summed E-state index contributed by atoms with van der Waals surface area (Å²) in [5.74, 6) is 0. The first-order chi connectivity index (χ1) is 18.3. The van der Waals surface area contributed by atoms with Gasteiger partial charge in [0.25, 0.3) is 0 Å². The van der Waals surface area contributed by atoms with E-state index >= 15 is 0 Å². The SMILES string of the molecule is CCC/C=C/CCCCCCCCCC[N+](Cc1ccccc1)(Cc1ccccc1)Cc1ccccc1. The average molecular weight is 497 g/mol. The molecule has 1 heteroatoms. The number of allylic oxidation sites excluding steroid dienone is 2. The Morgan fingerprint density at radius 3 is 1.27 bits per heavy atom. The van der Waals surface area contributed by atoms with Crippen molar-refractivity contribution in [2.24, 2.45) is 0 Å². The van der Waals surface area contributed by atoms with Crippen LogP contribution >= 0.6 is 0 Å². The fraction of sp³-hybridized carbons (Fsp3) is 0.444. The first-order valence-corrected chi connectivity index (χ1v) is 14.9. The van der Waals surface area contributed by atoms with Crippen LogP contribution < -0.4 is 0 Å². The highest BCUT2D eigenvalue weighted by atomic mass is 15.3. The molecule has 0 aliphatic rings. The Labute approximate surface area is 227 Å². The van der Waals surface area contributed by atoms with Gasteiger partial charge >= 0.3 is 0 Å². The molecule has 3 aromatic rings. The molecule has 0 bridgehead atoms. The van der Waals surface area contributed by atoms with E-state index in [9.17, 15) is 0 Å². The maximum atomic E-state index is 2.38. The van der Waals surface area contributed by atoms with E-state index in [0.29, 0.717) is 0 Å². The third-order valence-corrected chi connectivity index (χ3v) is 7.46. The van der Waals surface area contributed by atoms with Gasteiger partial charge in [-0.3, -0.25) is 0 Å². The van der Waals surface area contributed by atoms with Crippen molar-refractivity contribution < 1.29 is 4.48 Å². The number of quaternary nitrogens is 1. The van der Waals surface area contributed by atoms with Crippen LogP contribution in [0.15, 0.2) is 103 Å². The van der Waals surface area contributed by atoms with E-state index in [1.54, 1.807) is 0 Å². The molecule has 1 nitrogen and oxygen atoms in total. The summed E-state index contributed by atoms with van der Waals surface area (Å²) in [4.78, 5) is 0. The van der Waals surface area contributed by atoms with Crippen LogP contribution in [-0.2, 0) is 19.6 Å². The Bertz CT molecular complexity index is 860. The van der Waals surface area contributed by atoms with E-state index in [0.717, 1.165) is 24.1 Å². The fourth-order valence-corrected chi connectivity index (χ4v) is 5.49. The molecule has 3 rings (SSSR count). The smallest absolute Gasteiger partial charge is 0.105 e. The van der Waals surface area contributed by atoms with Crippen LogP contribution in [-0.4, -0.2) is 11.0 Å². The van der Waals surface area contributed by atoms with Crippen LogP contribution in [0.4, 0.5) is 0 Å². The molecule has 0 aliphatic carbocycles. The Balaban J connectivity index is 1.54. The summed E-state index contributed by atoms with van der Waals surface area (Å²) in [6.45, 7) is 6.72. The van der Waals surface area contributed by atoms with Crippen LogP contribution in [0.25, 0.3) is 0 Å². The lowest BCUT2D eigenvalue weighted by Crippen LogP contribution is -2.46. The van der Waals surface area contributed by atoms with Crippen LogP contribution in [0.2, 0.25) is 0 Å². The number of hydrogen-bond donors (Lipinski definition) is 0. The molecule has 0 atom stereocenters. The number of nitrogens with zero attached hydrogens (tertiary/aromatic N) is 1. The van der Waals surface area contributed by atoms with E-state index in [2.05, 4.69) is 110 Å². The minimum atomic E-state index is 1.08. The molecule has 0 unspecified atom stereocenters. The van der Waals surface area contributed by atoms with E-state index in [4.69, 9.17) is 0 Å². The second kappa shape index (κ2) is 17.8. The van der Waals surface area contributed by atoms with Gasteiger partial charge < -0.3 is 4.48 Å². The van der Waals surface area contributed by atoms with Gasteiger partial charge in [0, 0.05) is 16.7 Å². The van der Waals surface area contributed by atoms with Crippen molar-refractivity contribution in [1.82, 2.24) is 0 Å². The summed E-state index contributed by atoms with van der Waals surface area (Å²) in [5, 5.41) is 0. The monoisotopic (exact) mass is 496 g/mol. The Morgan fingerprint density at radius 1 is 0.459 bits per heavy atom. The van der Waals surface area contributed by atoms with Gasteiger partial charge in [-0.1, -0.05) is 149 Å². The van der Waals surface area contributed by atoms with E-state index in [1.807, 2.05) is 0 Å². The molecule has 0 amide bonds. The zero-order valence-electron chi connectivity index (χ0n) is 23.4. The van der Waals surface area contributed by atoms with E-state index in [1.165, 1.54) is 93.9 Å². The molecule has 198 valence electrons. The molecule has 3 aromatic carbocycles. The number of rotatable bonds is 19. The highest BCUT2D eigenvalue weighted by molar-refractivity contribution is 5.17. The summed E-state index contributed by atoms with van der Waals surface area (Å²) in [6.07, 6.45) is 19.5. The van der Waals surface area contributed by atoms with Gasteiger partial charge in [0.15, 0.2) is 0 Å². The molecule has 0 spiro atoms. The van der Waals surface area contributed by atoms with Crippen molar-refractivity contribution in [3.05, 3.63) is 120 Å². The van der Waals surface area contributed by atoms with Crippen LogP contribution in [0.3, 0.4) is 0 Å². The lowest BCUT2D eigenvalue weighted by Gasteiger charge is -2.39. The van der Waals surface area contributed by atoms with Gasteiger partial charge in [0.1, 0.15) is 19.6 Å². The van der Waals surface area contributed by atoms with E-state index in [-0.39, 0.29) is 0 Å². The minimum Gasteiger partial charge on any atom is -0.312 e. The van der Waals surface area contributed by atoms with Crippen LogP contribution in [0, 0.1) is 0 Å². The van der Waals surface area contributed by atoms with Crippen LogP contribution in [0.5, 0.6) is 0 Å². The summed E-state index contributed by atoms with van der Waals surface area (Å²) in [5.41, 5.74) is 4.33. The van der Waals surface area contributed by atoms with Gasteiger partial charge in [-0.05, 0) is 32.1 Å². The zero-order chi connectivity index (χ0) is 25.9. The molecule has 0 aliphatic heterocycles. The summed E-state index contributed by atoms with van der Waals surface area (Å²) < 4.78 is 1.09. The van der Waals surface area contributed by atoms with Crippen molar-refractivity contribution in [2.45, 2.75) is 97.2 Å². The van der Waals surface area contributed by atoms with Gasteiger partial charge in [0.05, 0.1) is 6.54 Å². The second-order valence-corrected chi connectivity index (χ2v) is 10.9. The minimum absolute atomic E-state index is 1.08. The Kier molecular flexibility index (Phi) is 13.9. The fourth-order valence-electron chi connectivity index (χ4n) is 5.49. The maximum Gasteiger partial charge on any atom is 0.105 e. The molecule has 0 N–H and O–H groups in total. The lowest BCUT2D eigenvalue weighted by molar-refractivity contribution is -0.966. The van der Waals surface area contributed by atoms with Crippen molar-refractivity contribution in [3.63, 3.8) is 0 Å². The van der Waals surface area contributed by atoms with Crippen molar-refractivity contribution in [2.75, 3.05) is 6.54 Å². The van der Waals surface area contributed by atoms with Gasteiger partial charge in [-0.25, -0.2) is 0 Å². The normalized spacial score (nSPS) is 11.8. The summed E-state index contributed by atoms with van der Waals surface area (Å²) >= 11 is 0. The lowest BCUT2D eigenvalue weighted by atomic mass is 10.0. The molecule has 0 fully saturated rings. The summed E-state index contributed by atoms with van der Waals surface area (Å²) in [7, 11) is 0. The molecule has 0 aromatic heterocycles. The maximum absolute atomic E-state index is 2.38. The zero-order valence-corrected chi connectivity index (χ0v) is 23.4. The van der Waals surface area contributed by atoms with E-state index < -0.39 is 0 Å². The van der Waals surface area contributed by atoms with Crippen LogP contribution in [0.1, 0.15) is 94.2 Å². The first kappa shape index (κ1) is 28.9. The topological polar surface area (TPSA) is 0 Å². The Hall–Kier alpha value is -2.64. The first-order valence-electron chi connectivity index (χ1n) is 14.9. The number of benzene rings is 3.